The van der Waals surface area contributed by atoms with Gasteiger partial charge in [0.15, 0.2) is 5.78 Å². The van der Waals surface area contributed by atoms with Gasteiger partial charge in [0.1, 0.15) is 5.82 Å². The first-order valence-corrected chi connectivity index (χ1v) is 8.57. The SMILES string of the molecule is Cc1ccnc(N2CCN(CCC(=O)c3cccs3)CC2)c1. The number of pyridine rings is 1. The van der Waals surface area contributed by atoms with Crippen LogP contribution in [0.3, 0.4) is 0 Å². The quantitative estimate of drug-likeness (QED) is 0.795. The van der Waals surface area contributed by atoms with E-state index in [1.807, 2.05) is 29.8 Å². The fourth-order valence-corrected chi connectivity index (χ4v) is 3.41. The van der Waals surface area contributed by atoms with Crippen molar-refractivity contribution >= 4 is 22.9 Å². The van der Waals surface area contributed by atoms with E-state index in [-0.39, 0.29) is 5.78 Å². The molecule has 2 aromatic rings. The van der Waals surface area contributed by atoms with Gasteiger partial charge >= 0.3 is 0 Å². The Morgan fingerprint density at radius 1 is 1.27 bits per heavy atom. The number of aromatic nitrogens is 1. The molecular weight excluding hydrogens is 294 g/mol. The van der Waals surface area contributed by atoms with Crippen molar-refractivity contribution in [1.29, 1.82) is 0 Å². The molecule has 3 heterocycles. The third-order valence-corrected chi connectivity index (χ3v) is 4.96. The first-order valence-electron chi connectivity index (χ1n) is 7.69. The highest BCUT2D eigenvalue weighted by atomic mass is 32.1. The summed E-state index contributed by atoms with van der Waals surface area (Å²) in [5.41, 5.74) is 1.24. The summed E-state index contributed by atoms with van der Waals surface area (Å²) in [6.45, 7) is 6.89. The van der Waals surface area contributed by atoms with E-state index in [2.05, 4.69) is 27.8 Å². The van der Waals surface area contributed by atoms with Crippen molar-refractivity contribution in [2.45, 2.75) is 13.3 Å². The molecule has 0 bridgehead atoms. The molecular formula is C17H21N3OS. The lowest BCUT2D eigenvalue weighted by Gasteiger charge is -2.35. The van der Waals surface area contributed by atoms with Crippen molar-refractivity contribution < 1.29 is 4.79 Å². The summed E-state index contributed by atoms with van der Waals surface area (Å²) in [5, 5.41) is 1.96. The lowest BCUT2D eigenvalue weighted by Crippen LogP contribution is -2.47. The molecule has 0 atom stereocenters. The van der Waals surface area contributed by atoms with Crippen LogP contribution in [-0.2, 0) is 0 Å². The zero-order valence-electron chi connectivity index (χ0n) is 12.9. The van der Waals surface area contributed by atoms with Crippen LogP contribution >= 0.6 is 11.3 Å². The highest BCUT2D eigenvalue weighted by Gasteiger charge is 2.19. The predicted octanol–water partition coefficient (Wildman–Crippen LogP) is 2.85. The molecule has 0 saturated carbocycles. The summed E-state index contributed by atoms with van der Waals surface area (Å²) in [4.78, 5) is 22.1. The lowest BCUT2D eigenvalue weighted by molar-refractivity contribution is 0.0966. The minimum atomic E-state index is 0.262. The largest absolute Gasteiger partial charge is 0.354 e. The molecule has 0 amide bonds. The van der Waals surface area contributed by atoms with Gasteiger partial charge in [-0.2, -0.15) is 0 Å². The number of anilines is 1. The van der Waals surface area contributed by atoms with Gasteiger partial charge in [-0.25, -0.2) is 4.98 Å². The fraction of sp³-hybridized carbons (Fsp3) is 0.412. The molecule has 5 heteroatoms. The van der Waals surface area contributed by atoms with Crippen molar-refractivity contribution in [1.82, 2.24) is 9.88 Å². The van der Waals surface area contributed by atoms with Gasteiger partial charge in [-0.1, -0.05) is 6.07 Å². The molecule has 1 fully saturated rings. The zero-order chi connectivity index (χ0) is 15.4. The molecule has 1 aliphatic rings. The highest BCUT2D eigenvalue weighted by molar-refractivity contribution is 7.12. The predicted molar refractivity (Wildman–Crippen MR) is 90.9 cm³/mol. The Kier molecular flexibility index (Phi) is 4.85. The average molecular weight is 315 g/mol. The summed E-state index contributed by atoms with van der Waals surface area (Å²) >= 11 is 1.53. The average Bonchev–Trinajstić information content (AvgIpc) is 3.08. The smallest absolute Gasteiger partial charge is 0.174 e. The Bertz CT molecular complexity index is 619. The summed E-state index contributed by atoms with van der Waals surface area (Å²) < 4.78 is 0. The van der Waals surface area contributed by atoms with Gasteiger partial charge in [0, 0.05) is 45.3 Å². The summed E-state index contributed by atoms with van der Waals surface area (Å²) in [7, 11) is 0. The van der Waals surface area contributed by atoms with Gasteiger partial charge in [-0.05, 0) is 36.1 Å². The Morgan fingerprint density at radius 3 is 2.77 bits per heavy atom. The highest BCUT2D eigenvalue weighted by Crippen LogP contribution is 2.16. The van der Waals surface area contributed by atoms with E-state index >= 15 is 0 Å². The van der Waals surface area contributed by atoms with Crippen LogP contribution in [0.5, 0.6) is 0 Å². The maximum Gasteiger partial charge on any atom is 0.174 e. The second-order valence-electron chi connectivity index (χ2n) is 5.67. The first kappa shape index (κ1) is 15.2. The standard InChI is InChI=1S/C17H21N3OS/c1-14-4-6-18-17(13-14)20-10-8-19(9-11-20)7-5-15(21)16-3-2-12-22-16/h2-4,6,12-13H,5,7-11H2,1H3. The van der Waals surface area contributed by atoms with Crippen LogP contribution in [0, 0.1) is 6.92 Å². The van der Waals surface area contributed by atoms with Crippen LogP contribution in [0.4, 0.5) is 5.82 Å². The topological polar surface area (TPSA) is 36.4 Å². The zero-order valence-corrected chi connectivity index (χ0v) is 13.7. The molecule has 22 heavy (non-hydrogen) atoms. The minimum Gasteiger partial charge on any atom is -0.354 e. The molecule has 4 nitrogen and oxygen atoms in total. The Labute approximate surface area is 135 Å². The number of piperazine rings is 1. The van der Waals surface area contributed by atoms with Crippen LogP contribution < -0.4 is 4.90 Å². The number of ketones is 1. The van der Waals surface area contributed by atoms with Crippen molar-refractivity contribution in [2.24, 2.45) is 0 Å². The normalized spacial score (nSPS) is 16.0. The van der Waals surface area contributed by atoms with Gasteiger partial charge < -0.3 is 4.90 Å². The van der Waals surface area contributed by atoms with Crippen molar-refractivity contribution in [3.8, 4) is 0 Å². The maximum absolute atomic E-state index is 12.0. The third kappa shape index (κ3) is 3.72. The molecule has 0 radical (unpaired) electrons. The maximum atomic E-state index is 12.0. The Hall–Kier alpha value is -1.72. The third-order valence-electron chi connectivity index (χ3n) is 4.05. The first-order chi connectivity index (χ1) is 10.7. The second kappa shape index (κ2) is 7.03. The molecule has 116 valence electrons. The number of aryl methyl sites for hydroxylation is 1. The van der Waals surface area contributed by atoms with Gasteiger partial charge in [0.05, 0.1) is 4.88 Å². The number of nitrogens with zero attached hydrogens (tertiary/aromatic N) is 3. The van der Waals surface area contributed by atoms with Gasteiger partial charge in [0.2, 0.25) is 0 Å². The minimum absolute atomic E-state index is 0.262. The monoisotopic (exact) mass is 315 g/mol. The lowest BCUT2D eigenvalue weighted by atomic mass is 10.2. The Morgan fingerprint density at radius 2 is 2.09 bits per heavy atom. The van der Waals surface area contributed by atoms with E-state index in [4.69, 9.17) is 0 Å². The Balaban J connectivity index is 1.47. The molecule has 1 aliphatic heterocycles. The van der Waals surface area contributed by atoms with Crippen LogP contribution in [0.25, 0.3) is 0 Å². The molecule has 0 unspecified atom stereocenters. The van der Waals surface area contributed by atoms with Crippen LogP contribution in [-0.4, -0.2) is 48.4 Å². The molecule has 0 aromatic carbocycles. The van der Waals surface area contributed by atoms with E-state index in [1.54, 1.807) is 0 Å². The van der Waals surface area contributed by atoms with E-state index in [1.165, 1.54) is 16.9 Å². The number of carbonyl (C=O) groups excluding carboxylic acids is 1. The number of hydrogen-bond acceptors (Lipinski definition) is 5. The number of thiophene rings is 1. The van der Waals surface area contributed by atoms with Gasteiger partial charge in [-0.3, -0.25) is 9.69 Å². The molecule has 0 aliphatic carbocycles. The molecule has 1 saturated heterocycles. The second-order valence-corrected chi connectivity index (χ2v) is 6.62. The number of rotatable bonds is 5. The molecule has 3 rings (SSSR count). The molecule has 2 aromatic heterocycles. The number of hydrogen-bond donors (Lipinski definition) is 0. The number of carbonyl (C=O) groups is 1. The number of Topliss-reactive ketones (excluding diaryl/α,β-unsaturated/α-hetero) is 1. The van der Waals surface area contributed by atoms with Crippen molar-refractivity contribution in [3.05, 3.63) is 46.3 Å². The van der Waals surface area contributed by atoms with Gasteiger partial charge in [-0.15, -0.1) is 11.3 Å². The summed E-state index contributed by atoms with van der Waals surface area (Å²) in [6.07, 6.45) is 2.49. The van der Waals surface area contributed by atoms with Crippen LogP contribution in [0.15, 0.2) is 35.8 Å². The van der Waals surface area contributed by atoms with Crippen molar-refractivity contribution in [3.63, 3.8) is 0 Å². The van der Waals surface area contributed by atoms with E-state index in [0.29, 0.717) is 6.42 Å². The fourth-order valence-electron chi connectivity index (χ4n) is 2.71. The van der Waals surface area contributed by atoms with Gasteiger partial charge in [0.25, 0.3) is 0 Å². The summed E-state index contributed by atoms with van der Waals surface area (Å²) in [5.74, 6) is 1.33. The van der Waals surface area contributed by atoms with E-state index < -0.39 is 0 Å². The van der Waals surface area contributed by atoms with Crippen LogP contribution in [0.1, 0.15) is 21.7 Å². The van der Waals surface area contributed by atoms with Crippen LogP contribution in [0.2, 0.25) is 0 Å². The van der Waals surface area contributed by atoms with Crippen molar-refractivity contribution in [2.75, 3.05) is 37.6 Å². The van der Waals surface area contributed by atoms with E-state index in [0.717, 1.165) is 43.4 Å². The molecule has 0 spiro atoms. The summed E-state index contributed by atoms with van der Waals surface area (Å²) in [6, 6.07) is 8.01. The molecule has 0 N–H and O–H groups in total. The van der Waals surface area contributed by atoms with E-state index in [9.17, 15) is 4.79 Å².